The molecule has 0 spiro atoms. The Morgan fingerprint density at radius 2 is 1.37 bits per heavy atom. The molecular formula is C44H74NO13P. The standard InChI is InChI=1S/C44H74NO13P/c1-3-5-7-8-9-10-11-12-13-14-15-16-17-18-19-20-22-27-42(49)55-32-36(33-56-59(53,54)57-34-39(45)44(51)52)58-43(50)28-24-23-26-37-38(41(48)31-40(37)47)30-29-35(46)25-21-6-4-2/h9-10,12-13,15-16,23-24,29-30,35-41,46-48H,3-8,11,14,17-22,25-28,31-34,45H2,1-2H3,(H,51,52)(H,53,54)/b10-9-,13-12-,16-15-,24-23-,30-29+/t35-,36-,37+,38-,39+,40+,41-/m1/s1. The molecule has 0 saturated heterocycles. The summed E-state index contributed by atoms with van der Waals surface area (Å²) >= 11 is 0. The van der Waals surface area contributed by atoms with Crippen molar-refractivity contribution in [1.29, 1.82) is 0 Å². The van der Waals surface area contributed by atoms with Crippen LogP contribution in [0.1, 0.15) is 136 Å². The van der Waals surface area contributed by atoms with Crippen molar-refractivity contribution in [3.05, 3.63) is 60.8 Å². The zero-order chi connectivity index (χ0) is 43.7. The number of aliphatic hydroxyl groups is 3. The van der Waals surface area contributed by atoms with Gasteiger partial charge in [0.25, 0.3) is 0 Å². The summed E-state index contributed by atoms with van der Waals surface area (Å²) in [4.78, 5) is 46.2. The Balaban J connectivity index is 2.58. The van der Waals surface area contributed by atoms with Crippen molar-refractivity contribution < 1.29 is 62.8 Å². The molecule has 338 valence electrons. The first kappa shape index (κ1) is 54.1. The number of esters is 2. The van der Waals surface area contributed by atoms with E-state index >= 15 is 0 Å². The third-order valence-electron chi connectivity index (χ3n) is 9.84. The van der Waals surface area contributed by atoms with Crippen LogP contribution < -0.4 is 5.73 Å². The molecule has 1 unspecified atom stereocenters. The maximum absolute atomic E-state index is 12.8. The summed E-state index contributed by atoms with van der Waals surface area (Å²) < 4.78 is 32.6. The number of ether oxygens (including phenoxy) is 2. The highest BCUT2D eigenvalue weighted by Gasteiger charge is 2.39. The van der Waals surface area contributed by atoms with Crippen LogP contribution in [0.4, 0.5) is 0 Å². The Labute approximate surface area is 352 Å². The minimum atomic E-state index is -4.82. The molecule has 0 bridgehead atoms. The van der Waals surface area contributed by atoms with Crippen LogP contribution in [0, 0.1) is 11.8 Å². The monoisotopic (exact) mass is 855 g/mol. The number of allylic oxidation sites excluding steroid dienone is 7. The van der Waals surface area contributed by atoms with E-state index in [4.69, 9.17) is 24.8 Å². The van der Waals surface area contributed by atoms with Gasteiger partial charge in [0, 0.05) is 18.8 Å². The predicted octanol–water partition coefficient (Wildman–Crippen LogP) is 7.55. The van der Waals surface area contributed by atoms with Crippen LogP contribution in [-0.4, -0.2) is 93.5 Å². The second-order valence-electron chi connectivity index (χ2n) is 15.1. The van der Waals surface area contributed by atoms with Gasteiger partial charge in [-0.2, -0.15) is 0 Å². The lowest BCUT2D eigenvalue weighted by Gasteiger charge is -2.20. The Kier molecular flexibility index (Phi) is 30.9. The van der Waals surface area contributed by atoms with Gasteiger partial charge in [0.1, 0.15) is 12.6 Å². The second kappa shape index (κ2) is 33.7. The number of carboxylic acid groups (broad SMARTS) is 1. The van der Waals surface area contributed by atoms with Gasteiger partial charge >= 0.3 is 25.7 Å². The molecule has 59 heavy (non-hydrogen) atoms. The van der Waals surface area contributed by atoms with Gasteiger partial charge in [-0.1, -0.05) is 120 Å². The summed E-state index contributed by atoms with van der Waals surface area (Å²) in [5, 5.41) is 40.3. The van der Waals surface area contributed by atoms with Gasteiger partial charge in [-0.15, -0.1) is 0 Å². The summed E-state index contributed by atoms with van der Waals surface area (Å²) in [7, 11) is -4.82. The molecule has 1 aliphatic carbocycles. The third kappa shape index (κ3) is 28.3. The molecule has 0 aliphatic heterocycles. The van der Waals surface area contributed by atoms with E-state index in [1.165, 1.54) is 25.3 Å². The van der Waals surface area contributed by atoms with E-state index in [1.54, 1.807) is 18.2 Å². The molecule has 0 aromatic carbocycles. The molecule has 1 saturated carbocycles. The van der Waals surface area contributed by atoms with Crippen LogP contribution >= 0.6 is 7.82 Å². The van der Waals surface area contributed by atoms with Gasteiger partial charge in [-0.25, -0.2) is 4.57 Å². The lowest BCUT2D eigenvalue weighted by Crippen LogP contribution is -2.34. The van der Waals surface area contributed by atoms with Gasteiger partial charge in [0.05, 0.1) is 37.9 Å². The minimum Gasteiger partial charge on any atom is -0.480 e. The molecule has 1 rings (SSSR count). The number of aliphatic carboxylic acids is 1. The number of nitrogens with two attached hydrogens (primary N) is 1. The molecule has 7 N–H and O–H groups in total. The molecule has 1 aliphatic rings. The van der Waals surface area contributed by atoms with E-state index in [9.17, 15) is 39.2 Å². The Morgan fingerprint density at radius 1 is 0.763 bits per heavy atom. The van der Waals surface area contributed by atoms with Crippen molar-refractivity contribution in [3.8, 4) is 0 Å². The zero-order valence-corrected chi connectivity index (χ0v) is 36.3. The summed E-state index contributed by atoms with van der Waals surface area (Å²) in [6.45, 7) is 2.29. The largest absolute Gasteiger partial charge is 0.480 e. The van der Waals surface area contributed by atoms with E-state index in [2.05, 4.69) is 54.8 Å². The smallest absolute Gasteiger partial charge is 0.472 e. The number of hydrogen-bond donors (Lipinski definition) is 6. The number of phosphoric ester groups is 1. The fourth-order valence-corrected chi connectivity index (χ4v) is 7.12. The highest BCUT2D eigenvalue weighted by molar-refractivity contribution is 7.47. The molecule has 15 heteroatoms. The molecule has 1 fully saturated rings. The third-order valence-corrected chi connectivity index (χ3v) is 10.8. The molecular weight excluding hydrogens is 781 g/mol. The number of rotatable bonds is 35. The van der Waals surface area contributed by atoms with E-state index in [0.29, 0.717) is 19.3 Å². The Bertz CT molecular complexity index is 1350. The van der Waals surface area contributed by atoms with Crippen molar-refractivity contribution in [1.82, 2.24) is 0 Å². The molecule has 0 aromatic rings. The fraction of sp³-hybridized carbons (Fsp3) is 0.705. The van der Waals surface area contributed by atoms with Crippen LogP contribution in [0.3, 0.4) is 0 Å². The summed E-state index contributed by atoms with van der Waals surface area (Å²) in [5.74, 6) is -3.47. The predicted molar refractivity (Wildman–Crippen MR) is 228 cm³/mol. The van der Waals surface area contributed by atoms with Crippen molar-refractivity contribution >= 4 is 25.7 Å². The van der Waals surface area contributed by atoms with E-state index < -0.39 is 76.0 Å². The fourth-order valence-electron chi connectivity index (χ4n) is 6.34. The minimum absolute atomic E-state index is 0.127. The van der Waals surface area contributed by atoms with Crippen molar-refractivity contribution in [2.75, 3.05) is 19.8 Å². The number of carboxylic acids is 1. The van der Waals surface area contributed by atoms with Gasteiger partial charge in [-0.3, -0.25) is 23.4 Å². The maximum atomic E-state index is 12.8. The number of hydrogen-bond acceptors (Lipinski definition) is 12. The average Bonchev–Trinajstić information content (AvgIpc) is 3.47. The van der Waals surface area contributed by atoms with Crippen molar-refractivity contribution in [2.45, 2.75) is 166 Å². The quantitative estimate of drug-likeness (QED) is 0.0156. The maximum Gasteiger partial charge on any atom is 0.472 e. The second-order valence-corrected chi connectivity index (χ2v) is 16.6. The number of phosphoric acid groups is 1. The van der Waals surface area contributed by atoms with Crippen LogP contribution in [0.5, 0.6) is 0 Å². The van der Waals surface area contributed by atoms with Crippen LogP contribution in [0.15, 0.2) is 60.8 Å². The first-order valence-corrected chi connectivity index (χ1v) is 23.1. The molecule has 0 radical (unpaired) electrons. The van der Waals surface area contributed by atoms with Crippen molar-refractivity contribution in [3.63, 3.8) is 0 Å². The lowest BCUT2D eigenvalue weighted by atomic mass is 9.89. The zero-order valence-electron chi connectivity index (χ0n) is 35.4. The Morgan fingerprint density at radius 3 is 2.03 bits per heavy atom. The van der Waals surface area contributed by atoms with Crippen LogP contribution in [0.2, 0.25) is 0 Å². The lowest BCUT2D eigenvalue weighted by molar-refractivity contribution is -0.160. The SMILES string of the molecule is CCCCC/C=C\C/C=C\C/C=C\CCCCCCC(=O)OC[C@H](COP(=O)(O)OC[C@H](N)C(=O)O)OC(=O)C/C=C\C[C@H]1[C@@H](/C=C/[C@H](O)CCCCC)[C@H](O)C[C@@H]1O. The Hall–Kier alpha value is -2.94. The van der Waals surface area contributed by atoms with Gasteiger partial charge in [-0.05, 0) is 63.7 Å². The summed E-state index contributed by atoms with van der Waals surface area (Å²) in [6.07, 6.45) is 31.3. The highest BCUT2D eigenvalue weighted by Crippen LogP contribution is 2.43. The molecule has 8 atom stereocenters. The van der Waals surface area contributed by atoms with Gasteiger partial charge < -0.3 is 40.5 Å². The molecule has 0 heterocycles. The van der Waals surface area contributed by atoms with Gasteiger partial charge in [0.2, 0.25) is 0 Å². The molecule has 14 nitrogen and oxygen atoms in total. The molecule has 0 aromatic heterocycles. The number of carbonyl (C=O) groups is 3. The van der Waals surface area contributed by atoms with E-state index in [0.717, 1.165) is 64.2 Å². The van der Waals surface area contributed by atoms with Crippen LogP contribution in [0.25, 0.3) is 0 Å². The first-order valence-electron chi connectivity index (χ1n) is 21.6. The van der Waals surface area contributed by atoms with Gasteiger partial charge in [0.15, 0.2) is 6.10 Å². The first-order chi connectivity index (χ1) is 28.3. The number of unbranched alkanes of at least 4 members (excludes halogenated alkanes) is 9. The van der Waals surface area contributed by atoms with E-state index in [1.807, 2.05) is 0 Å². The average molecular weight is 856 g/mol. The van der Waals surface area contributed by atoms with Crippen LogP contribution in [-0.2, 0) is 37.5 Å². The molecule has 0 amide bonds. The summed E-state index contributed by atoms with van der Waals surface area (Å²) in [6, 6.07) is -1.58. The topological polar surface area (TPSA) is 232 Å². The normalized spacial score (nSPS) is 21.2. The summed E-state index contributed by atoms with van der Waals surface area (Å²) in [5.41, 5.74) is 5.32. The van der Waals surface area contributed by atoms with Crippen molar-refractivity contribution in [2.24, 2.45) is 17.6 Å². The van der Waals surface area contributed by atoms with E-state index in [-0.39, 0.29) is 31.1 Å². The number of carbonyl (C=O) groups excluding carboxylic acids is 2. The highest BCUT2D eigenvalue weighted by atomic mass is 31.2. The number of aliphatic hydroxyl groups excluding tert-OH is 3.